The van der Waals surface area contributed by atoms with E-state index in [9.17, 15) is 13.6 Å². The van der Waals surface area contributed by atoms with Crippen molar-refractivity contribution in [1.29, 1.82) is 0 Å². The standard InChI is InChI=1S/C18H13F2NO3/c1-11(22)23-18(13-4-8-15(20)9-5-13)17-10-16(21-24-17)12-2-6-14(19)7-3-12/h2-10,18H,1H3. The quantitative estimate of drug-likeness (QED) is 0.671. The average molecular weight is 329 g/mol. The smallest absolute Gasteiger partial charge is 0.303 e. The fraction of sp³-hybridized carbons (Fsp3) is 0.111. The van der Waals surface area contributed by atoms with E-state index in [0.29, 0.717) is 16.8 Å². The summed E-state index contributed by atoms with van der Waals surface area (Å²) in [4.78, 5) is 11.4. The Morgan fingerprint density at radius 1 is 1.04 bits per heavy atom. The molecule has 0 spiro atoms. The maximum atomic E-state index is 13.1. The van der Waals surface area contributed by atoms with Crippen LogP contribution in [0.1, 0.15) is 24.4 Å². The molecule has 3 aromatic rings. The topological polar surface area (TPSA) is 52.3 Å². The lowest BCUT2D eigenvalue weighted by Crippen LogP contribution is -2.09. The second-order valence-corrected chi connectivity index (χ2v) is 5.16. The van der Waals surface area contributed by atoms with Crippen molar-refractivity contribution in [2.45, 2.75) is 13.0 Å². The van der Waals surface area contributed by atoms with Gasteiger partial charge in [0.25, 0.3) is 0 Å². The minimum Gasteiger partial charge on any atom is -0.449 e. The third kappa shape index (κ3) is 3.48. The van der Waals surface area contributed by atoms with Crippen LogP contribution in [0, 0.1) is 11.6 Å². The Kier molecular flexibility index (Phi) is 4.37. The second kappa shape index (κ2) is 6.62. The van der Waals surface area contributed by atoms with E-state index in [4.69, 9.17) is 9.26 Å². The molecule has 122 valence electrons. The fourth-order valence-electron chi connectivity index (χ4n) is 2.26. The van der Waals surface area contributed by atoms with Crippen molar-refractivity contribution in [2.24, 2.45) is 0 Å². The number of benzene rings is 2. The van der Waals surface area contributed by atoms with Crippen LogP contribution in [0.15, 0.2) is 59.1 Å². The van der Waals surface area contributed by atoms with E-state index in [0.717, 1.165) is 0 Å². The summed E-state index contributed by atoms with van der Waals surface area (Å²) >= 11 is 0. The number of hydrogen-bond donors (Lipinski definition) is 0. The molecule has 0 N–H and O–H groups in total. The summed E-state index contributed by atoms with van der Waals surface area (Å²) in [5.74, 6) is -0.975. The molecule has 1 atom stereocenters. The van der Waals surface area contributed by atoms with Crippen LogP contribution in [0.3, 0.4) is 0 Å². The van der Waals surface area contributed by atoms with E-state index >= 15 is 0 Å². The lowest BCUT2D eigenvalue weighted by molar-refractivity contribution is -0.145. The third-order valence-electron chi connectivity index (χ3n) is 3.38. The molecule has 0 saturated heterocycles. The summed E-state index contributed by atoms with van der Waals surface area (Å²) in [6.07, 6.45) is -0.843. The van der Waals surface area contributed by atoms with Crippen LogP contribution in [0.2, 0.25) is 0 Å². The van der Waals surface area contributed by atoms with Crippen LogP contribution < -0.4 is 0 Å². The number of esters is 1. The van der Waals surface area contributed by atoms with E-state index < -0.39 is 17.9 Å². The number of halogens is 2. The Morgan fingerprint density at radius 2 is 1.62 bits per heavy atom. The van der Waals surface area contributed by atoms with Gasteiger partial charge in [0.1, 0.15) is 17.3 Å². The molecule has 6 heteroatoms. The van der Waals surface area contributed by atoms with Crippen molar-refractivity contribution >= 4 is 5.97 Å². The average Bonchev–Trinajstić information content (AvgIpc) is 3.04. The lowest BCUT2D eigenvalue weighted by atomic mass is 10.1. The maximum Gasteiger partial charge on any atom is 0.303 e. The molecule has 3 rings (SSSR count). The predicted octanol–water partition coefficient (Wildman–Crippen LogP) is 4.27. The molecule has 1 unspecified atom stereocenters. The highest BCUT2D eigenvalue weighted by Gasteiger charge is 2.23. The zero-order valence-corrected chi connectivity index (χ0v) is 12.7. The molecule has 0 aliphatic heterocycles. The van der Waals surface area contributed by atoms with Gasteiger partial charge in [-0.25, -0.2) is 8.78 Å². The minimum absolute atomic E-state index is 0.288. The second-order valence-electron chi connectivity index (χ2n) is 5.16. The van der Waals surface area contributed by atoms with Crippen molar-refractivity contribution in [3.63, 3.8) is 0 Å². The molecule has 0 saturated carbocycles. The summed E-state index contributed by atoms with van der Waals surface area (Å²) in [5, 5.41) is 3.92. The number of ether oxygens (including phenoxy) is 1. The van der Waals surface area contributed by atoms with Gasteiger partial charge in [0.05, 0.1) is 0 Å². The highest BCUT2D eigenvalue weighted by molar-refractivity contribution is 5.67. The number of carbonyl (C=O) groups is 1. The highest BCUT2D eigenvalue weighted by atomic mass is 19.1. The van der Waals surface area contributed by atoms with Crippen LogP contribution in [0.4, 0.5) is 8.78 Å². The van der Waals surface area contributed by atoms with Gasteiger partial charge in [0, 0.05) is 24.1 Å². The van der Waals surface area contributed by atoms with Gasteiger partial charge in [-0.3, -0.25) is 4.79 Å². The largest absolute Gasteiger partial charge is 0.449 e. The van der Waals surface area contributed by atoms with Crippen LogP contribution >= 0.6 is 0 Å². The Hall–Kier alpha value is -3.02. The van der Waals surface area contributed by atoms with Crippen LogP contribution in [-0.2, 0) is 9.53 Å². The molecule has 24 heavy (non-hydrogen) atoms. The Bertz CT molecular complexity index is 841. The zero-order valence-electron chi connectivity index (χ0n) is 12.7. The van der Waals surface area contributed by atoms with Gasteiger partial charge in [-0.1, -0.05) is 17.3 Å². The van der Waals surface area contributed by atoms with Gasteiger partial charge in [-0.05, 0) is 36.4 Å². The maximum absolute atomic E-state index is 13.1. The Morgan fingerprint density at radius 3 is 2.21 bits per heavy atom. The van der Waals surface area contributed by atoms with Gasteiger partial charge in [-0.2, -0.15) is 0 Å². The Labute approximate surface area is 136 Å². The molecule has 0 amide bonds. The molecule has 0 aliphatic rings. The lowest BCUT2D eigenvalue weighted by Gasteiger charge is -2.14. The minimum atomic E-state index is -0.843. The van der Waals surface area contributed by atoms with E-state index in [1.807, 2.05) is 0 Å². The third-order valence-corrected chi connectivity index (χ3v) is 3.38. The SMILES string of the molecule is CC(=O)OC(c1ccc(F)cc1)c1cc(-c2ccc(F)cc2)no1. The number of aromatic nitrogens is 1. The van der Waals surface area contributed by atoms with Crippen molar-refractivity contribution in [3.05, 3.63) is 77.6 Å². The molecule has 0 fully saturated rings. The van der Waals surface area contributed by atoms with E-state index in [2.05, 4.69) is 5.16 Å². The van der Waals surface area contributed by atoms with Crippen molar-refractivity contribution in [1.82, 2.24) is 5.16 Å². The van der Waals surface area contributed by atoms with Gasteiger partial charge in [0.2, 0.25) is 0 Å². The van der Waals surface area contributed by atoms with E-state index in [1.54, 1.807) is 18.2 Å². The van der Waals surface area contributed by atoms with Gasteiger partial charge >= 0.3 is 5.97 Å². The van der Waals surface area contributed by atoms with Crippen LogP contribution in [-0.4, -0.2) is 11.1 Å². The van der Waals surface area contributed by atoms with Gasteiger partial charge in [-0.15, -0.1) is 0 Å². The molecular formula is C18H13F2NO3. The van der Waals surface area contributed by atoms with Crippen LogP contribution in [0.5, 0.6) is 0 Å². The molecule has 1 aromatic heterocycles. The first kappa shape index (κ1) is 15.9. The Balaban J connectivity index is 1.95. The summed E-state index contributed by atoms with van der Waals surface area (Å²) in [7, 11) is 0. The normalized spacial score (nSPS) is 12.0. The molecule has 0 radical (unpaired) electrons. The van der Waals surface area contributed by atoms with Gasteiger partial charge < -0.3 is 9.26 Å². The number of hydrogen-bond acceptors (Lipinski definition) is 4. The molecule has 4 nitrogen and oxygen atoms in total. The molecular weight excluding hydrogens is 316 g/mol. The summed E-state index contributed by atoms with van der Waals surface area (Å²) in [5.41, 5.74) is 1.68. The first-order valence-corrected chi connectivity index (χ1v) is 7.18. The van der Waals surface area contributed by atoms with E-state index in [1.165, 1.54) is 43.3 Å². The molecule has 1 heterocycles. The molecule has 0 aliphatic carbocycles. The molecule has 0 bridgehead atoms. The highest BCUT2D eigenvalue weighted by Crippen LogP contribution is 2.30. The summed E-state index contributed by atoms with van der Waals surface area (Å²) < 4.78 is 36.7. The first-order valence-electron chi connectivity index (χ1n) is 7.18. The summed E-state index contributed by atoms with van der Waals surface area (Å²) in [6, 6.07) is 12.9. The van der Waals surface area contributed by atoms with Crippen molar-refractivity contribution in [2.75, 3.05) is 0 Å². The molecule has 2 aromatic carbocycles. The van der Waals surface area contributed by atoms with Crippen LogP contribution in [0.25, 0.3) is 11.3 Å². The number of nitrogens with zero attached hydrogens (tertiary/aromatic N) is 1. The number of carbonyl (C=O) groups excluding carboxylic acids is 1. The van der Waals surface area contributed by atoms with E-state index in [-0.39, 0.29) is 11.6 Å². The summed E-state index contributed by atoms with van der Waals surface area (Å²) in [6.45, 7) is 1.27. The predicted molar refractivity (Wildman–Crippen MR) is 81.9 cm³/mol. The zero-order chi connectivity index (χ0) is 17.1. The first-order chi connectivity index (χ1) is 11.5. The van der Waals surface area contributed by atoms with Gasteiger partial charge in [0.15, 0.2) is 11.9 Å². The number of rotatable bonds is 4. The van der Waals surface area contributed by atoms with Crippen molar-refractivity contribution < 1.29 is 22.8 Å². The van der Waals surface area contributed by atoms with Crippen molar-refractivity contribution in [3.8, 4) is 11.3 Å². The monoisotopic (exact) mass is 329 g/mol. The fourth-order valence-corrected chi connectivity index (χ4v) is 2.26.